The molecule has 1 amide bonds. The molecule has 1 saturated carbocycles. The zero-order valence-corrected chi connectivity index (χ0v) is 16.6. The molecule has 0 bridgehead atoms. The minimum atomic E-state index is -0.557. The monoisotopic (exact) mass is 416 g/mol. The molecule has 160 valence electrons. The van der Waals surface area contributed by atoms with Gasteiger partial charge in [0.15, 0.2) is 5.69 Å². The minimum absolute atomic E-state index is 0.0298. The van der Waals surface area contributed by atoms with E-state index in [1.165, 1.54) is 19.4 Å². The first-order valence-electron chi connectivity index (χ1n) is 9.76. The van der Waals surface area contributed by atoms with Crippen molar-refractivity contribution in [3.05, 3.63) is 46.3 Å². The Labute approximate surface area is 172 Å². The highest BCUT2D eigenvalue weighted by Crippen LogP contribution is 2.28. The molecule has 2 N–H and O–H groups in total. The van der Waals surface area contributed by atoms with E-state index in [4.69, 9.17) is 0 Å². The zero-order valence-electron chi connectivity index (χ0n) is 16.6. The van der Waals surface area contributed by atoms with Crippen LogP contribution < -0.4 is 10.6 Å². The predicted molar refractivity (Wildman–Crippen MR) is 107 cm³/mol. The van der Waals surface area contributed by atoms with Crippen LogP contribution in [0.25, 0.3) is 0 Å². The van der Waals surface area contributed by atoms with E-state index in [2.05, 4.69) is 25.7 Å². The molecular formula is C19H24N6O5. The van der Waals surface area contributed by atoms with Crippen LogP contribution in [-0.4, -0.2) is 51.5 Å². The molecule has 1 aliphatic carbocycles. The summed E-state index contributed by atoms with van der Waals surface area (Å²) in [6.45, 7) is 0.268. The van der Waals surface area contributed by atoms with Crippen LogP contribution in [0, 0.1) is 10.1 Å². The van der Waals surface area contributed by atoms with Crippen LogP contribution in [0.4, 0.5) is 11.4 Å². The van der Waals surface area contributed by atoms with E-state index in [0.717, 1.165) is 25.7 Å². The third kappa shape index (κ3) is 5.10. The van der Waals surface area contributed by atoms with E-state index in [1.807, 2.05) is 0 Å². The number of ether oxygens (including phenoxy) is 1. The highest BCUT2D eigenvalue weighted by Gasteiger charge is 2.29. The lowest BCUT2D eigenvalue weighted by molar-refractivity contribution is -0.384. The second-order valence-corrected chi connectivity index (χ2v) is 7.05. The highest BCUT2D eigenvalue weighted by molar-refractivity contribution is 5.86. The van der Waals surface area contributed by atoms with E-state index >= 15 is 0 Å². The van der Waals surface area contributed by atoms with Crippen molar-refractivity contribution in [2.24, 2.45) is 0 Å². The number of hydrogen-bond acceptors (Lipinski definition) is 8. The summed E-state index contributed by atoms with van der Waals surface area (Å²) in [4.78, 5) is 34.7. The lowest BCUT2D eigenvalue weighted by Crippen LogP contribution is -2.43. The second kappa shape index (κ2) is 9.81. The second-order valence-electron chi connectivity index (χ2n) is 7.05. The van der Waals surface area contributed by atoms with Crippen molar-refractivity contribution in [2.45, 2.75) is 44.2 Å². The van der Waals surface area contributed by atoms with Gasteiger partial charge in [0.2, 0.25) is 5.91 Å². The van der Waals surface area contributed by atoms with Crippen LogP contribution in [0.1, 0.15) is 48.6 Å². The van der Waals surface area contributed by atoms with Crippen molar-refractivity contribution >= 4 is 23.3 Å². The van der Waals surface area contributed by atoms with Crippen LogP contribution >= 0.6 is 0 Å². The Balaban J connectivity index is 1.56. The Kier molecular flexibility index (Phi) is 6.94. The summed E-state index contributed by atoms with van der Waals surface area (Å²) in [5.74, 6) is -0.718. The van der Waals surface area contributed by atoms with E-state index in [1.54, 1.807) is 22.9 Å². The van der Waals surface area contributed by atoms with Crippen molar-refractivity contribution in [2.75, 3.05) is 19.0 Å². The number of nitro groups is 1. The van der Waals surface area contributed by atoms with Gasteiger partial charge in [0.1, 0.15) is 5.69 Å². The fourth-order valence-corrected chi connectivity index (χ4v) is 3.61. The number of anilines is 1. The largest absolute Gasteiger partial charge is 0.464 e. The molecule has 11 nitrogen and oxygen atoms in total. The number of carbonyl (C=O) groups excluding carboxylic acids is 2. The predicted octanol–water partition coefficient (Wildman–Crippen LogP) is 2.07. The molecule has 0 spiro atoms. The number of esters is 1. The van der Waals surface area contributed by atoms with Gasteiger partial charge in [-0.3, -0.25) is 14.9 Å². The smallest absolute Gasteiger partial charge is 0.360 e. The zero-order chi connectivity index (χ0) is 21.5. The summed E-state index contributed by atoms with van der Waals surface area (Å²) >= 11 is 0. The number of nitro benzene ring substituents is 1. The number of aromatic nitrogens is 3. The lowest BCUT2D eigenvalue weighted by Gasteiger charge is -2.32. The first-order chi connectivity index (χ1) is 14.5. The fraction of sp³-hybridized carbons (Fsp3) is 0.474. The molecule has 1 fully saturated rings. The summed E-state index contributed by atoms with van der Waals surface area (Å²) in [5, 5.41) is 24.9. The molecule has 1 heterocycles. The Morgan fingerprint density at radius 3 is 2.83 bits per heavy atom. The van der Waals surface area contributed by atoms with Crippen molar-refractivity contribution in [3.8, 4) is 0 Å². The van der Waals surface area contributed by atoms with Crippen LogP contribution in [0.5, 0.6) is 0 Å². The van der Waals surface area contributed by atoms with Gasteiger partial charge < -0.3 is 15.4 Å². The van der Waals surface area contributed by atoms with Crippen molar-refractivity contribution in [1.29, 1.82) is 0 Å². The van der Waals surface area contributed by atoms with Crippen molar-refractivity contribution < 1.29 is 19.2 Å². The van der Waals surface area contributed by atoms with E-state index in [0.29, 0.717) is 5.69 Å². The molecule has 1 aromatic heterocycles. The molecule has 0 aliphatic heterocycles. The maximum absolute atomic E-state index is 12.5. The molecule has 2 atom stereocenters. The number of hydrogen-bond donors (Lipinski definition) is 2. The molecule has 1 aliphatic rings. The third-order valence-electron chi connectivity index (χ3n) is 5.09. The average molecular weight is 416 g/mol. The number of rotatable bonds is 8. The molecule has 0 saturated heterocycles. The number of nitrogens with zero attached hydrogens (tertiary/aromatic N) is 4. The number of nitrogens with one attached hydrogen (secondary N) is 2. The highest BCUT2D eigenvalue weighted by atomic mass is 16.6. The van der Waals surface area contributed by atoms with Crippen LogP contribution in [0.2, 0.25) is 0 Å². The normalized spacial score (nSPS) is 18.4. The number of para-hydroxylation sites is 2. The molecule has 2 aromatic rings. The number of carbonyl (C=O) groups is 2. The molecule has 1 aromatic carbocycles. The minimum Gasteiger partial charge on any atom is -0.464 e. The Morgan fingerprint density at radius 1 is 1.30 bits per heavy atom. The summed E-state index contributed by atoms with van der Waals surface area (Å²) in [6, 6.07) is 6.07. The van der Waals surface area contributed by atoms with Gasteiger partial charge in [0, 0.05) is 19.0 Å². The van der Waals surface area contributed by atoms with E-state index in [-0.39, 0.29) is 42.3 Å². The van der Waals surface area contributed by atoms with Crippen LogP contribution in [-0.2, 0) is 9.53 Å². The molecular weight excluding hydrogens is 392 g/mol. The summed E-state index contributed by atoms with van der Waals surface area (Å²) in [6.07, 6.45) is 5.28. The quantitative estimate of drug-likeness (QED) is 0.378. The maximum Gasteiger partial charge on any atom is 0.360 e. The van der Waals surface area contributed by atoms with E-state index in [9.17, 15) is 19.7 Å². The van der Waals surface area contributed by atoms with Gasteiger partial charge in [-0.05, 0) is 18.9 Å². The Morgan fingerprint density at radius 2 is 2.07 bits per heavy atom. The Bertz CT molecular complexity index is 914. The third-order valence-corrected chi connectivity index (χ3v) is 5.09. The van der Waals surface area contributed by atoms with Gasteiger partial charge in [0.25, 0.3) is 5.69 Å². The molecule has 0 radical (unpaired) electrons. The summed E-state index contributed by atoms with van der Waals surface area (Å²) in [5.41, 5.74) is 0.475. The van der Waals surface area contributed by atoms with Gasteiger partial charge in [-0.15, -0.1) is 5.10 Å². The first-order valence-corrected chi connectivity index (χ1v) is 9.76. The van der Waals surface area contributed by atoms with Crippen molar-refractivity contribution in [1.82, 2.24) is 20.3 Å². The fourth-order valence-electron chi connectivity index (χ4n) is 3.61. The van der Waals surface area contributed by atoms with Gasteiger partial charge in [-0.1, -0.05) is 30.2 Å². The van der Waals surface area contributed by atoms with Crippen molar-refractivity contribution in [3.63, 3.8) is 0 Å². The SMILES string of the molecule is COC(=O)c1cn(C2CCCCC2NC(=O)CCNc2ccccc2[N+](=O)[O-])nn1. The van der Waals surface area contributed by atoms with Crippen LogP contribution in [0.15, 0.2) is 30.5 Å². The van der Waals surface area contributed by atoms with Gasteiger partial charge in [-0.25, -0.2) is 9.48 Å². The van der Waals surface area contributed by atoms with Gasteiger partial charge in [-0.2, -0.15) is 0 Å². The average Bonchev–Trinajstić information content (AvgIpc) is 3.24. The number of amides is 1. The maximum atomic E-state index is 12.5. The van der Waals surface area contributed by atoms with E-state index < -0.39 is 10.9 Å². The standard InChI is InChI=1S/C19H24N6O5/c1-30-19(27)15-12-24(23-22-15)16-8-4-3-7-14(16)21-18(26)10-11-20-13-6-2-5-9-17(13)25(28)29/h2,5-6,9,12,14,16,20H,3-4,7-8,10-11H2,1H3,(H,21,26). The molecule has 2 unspecified atom stereocenters. The first kappa shape index (κ1) is 21.2. The number of methoxy groups -OCH3 is 1. The summed E-state index contributed by atoms with van der Waals surface area (Å²) in [7, 11) is 1.28. The summed E-state index contributed by atoms with van der Waals surface area (Å²) < 4.78 is 6.27. The lowest BCUT2D eigenvalue weighted by atomic mass is 9.90. The Hall–Kier alpha value is -3.50. The molecule has 30 heavy (non-hydrogen) atoms. The number of benzene rings is 1. The van der Waals surface area contributed by atoms with Crippen LogP contribution in [0.3, 0.4) is 0 Å². The molecule has 3 rings (SSSR count). The topological polar surface area (TPSA) is 141 Å². The van der Waals surface area contributed by atoms with Gasteiger partial charge >= 0.3 is 5.97 Å². The van der Waals surface area contributed by atoms with Gasteiger partial charge in [0.05, 0.1) is 30.3 Å². The molecule has 11 heteroatoms.